The third kappa shape index (κ3) is 3.17. The molecule has 0 amide bonds. The molecule has 1 rings (SSSR count). The van der Waals surface area contributed by atoms with Gasteiger partial charge in [0.25, 0.3) is 0 Å². The standard InChI is InChI=1S/C7H10ClNO7P2/c8-6-2-1-3-9(4-6)5-7(10,17(11,12)13)18(14,15)16/h1-4,10H,5H2,(H3-,11,12,13,14,15,16)/p+1. The molecule has 0 bridgehead atoms. The van der Waals surface area contributed by atoms with Crippen molar-refractivity contribution in [2.75, 3.05) is 0 Å². The first-order valence-electron chi connectivity index (χ1n) is 4.46. The maximum absolute atomic E-state index is 11.1. The summed E-state index contributed by atoms with van der Waals surface area (Å²) in [5.74, 6) is 0. The van der Waals surface area contributed by atoms with Gasteiger partial charge in [0.2, 0.25) is 6.54 Å². The highest BCUT2D eigenvalue weighted by molar-refractivity contribution is 7.72. The van der Waals surface area contributed by atoms with Gasteiger partial charge in [0.15, 0.2) is 12.4 Å². The molecule has 1 aromatic heterocycles. The van der Waals surface area contributed by atoms with Crippen LogP contribution in [0, 0.1) is 0 Å². The smallest absolute Gasteiger partial charge is 0.363 e. The van der Waals surface area contributed by atoms with Gasteiger partial charge in [-0.25, -0.2) is 0 Å². The summed E-state index contributed by atoms with van der Waals surface area (Å²) in [6.07, 6.45) is 2.42. The van der Waals surface area contributed by atoms with Crippen LogP contribution in [0.3, 0.4) is 0 Å². The Kier molecular flexibility index (Phi) is 4.37. The highest BCUT2D eigenvalue weighted by Gasteiger charge is 2.62. The average molecular weight is 319 g/mol. The van der Waals surface area contributed by atoms with Crippen molar-refractivity contribution in [1.82, 2.24) is 0 Å². The SMILES string of the molecule is O=P(O)(O)C(O)(C[n+]1cccc(Cl)c1)P(=O)(O)O. The van der Waals surface area contributed by atoms with Crippen LogP contribution in [0.5, 0.6) is 0 Å². The Hall–Kier alpha value is -0.300. The maximum atomic E-state index is 11.1. The summed E-state index contributed by atoms with van der Waals surface area (Å²) in [5.41, 5.74) is 0. The molecule has 0 aliphatic heterocycles. The third-order valence-electron chi connectivity index (χ3n) is 2.15. The molecule has 0 unspecified atom stereocenters. The minimum atomic E-state index is -5.46. The summed E-state index contributed by atoms with van der Waals surface area (Å²) < 4.78 is 23.2. The monoisotopic (exact) mass is 318 g/mol. The second-order valence-corrected chi connectivity index (χ2v) is 8.00. The van der Waals surface area contributed by atoms with Gasteiger partial charge in [-0.3, -0.25) is 9.13 Å². The lowest BCUT2D eigenvalue weighted by Crippen LogP contribution is -2.47. The zero-order chi connectivity index (χ0) is 14.2. The van der Waals surface area contributed by atoms with Gasteiger partial charge >= 0.3 is 20.3 Å². The number of nitrogens with zero attached hydrogens (tertiary/aromatic N) is 1. The summed E-state index contributed by atoms with van der Waals surface area (Å²) in [6.45, 7) is -0.998. The van der Waals surface area contributed by atoms with Gasteiger partial charge in [-0.1, -0.05) is 11.6 Å². The molecule has 0 radical (unpaired) electrons. The van der Waals surface area contributed by atoms with E-state index in [2.05, 4.69) is 0 Å². The predicted octanol–water partition coefficient (Wildman–Crippen LogP) is -0.371. The lowest BCUT2D eigenvalue weighted by molar-refractivity contribution is -0.703. The first-order valence-corrected chi connectivity index (χ1v) is 8.06. The highest BCUT2D eigenvalue weighted by atomic mass is 35.5. The van der Waals surface area contributed by atoms with E-state index in [0.717, 1.165) is 10.8 Å². The molecular weight excluding hydrogens is 307 g/mol. The molecule has 18 heavy (non-hydrogen) atoms. The molecule has 0 saturated heterocycles. The van der Waals surface area contributed by atoms with E-state index in [1.54, 1.807) is 0 Å². The van der Waals surface area contributed by atoms with Gasteiger partial charge < -0.3 is 24.7 Å². The highest BCUT2D eigenvalue weighted by Crippen LogP contribution is 2.67. The van der Waals surface area contributed by atoms with Crippen molar-refractivity contribution < 1.29 is 38.4 Å². The number of pyridine rings is 1. The zero-order valence-corrected chi connectivity index (χ0v) is 11.3. The first kappa shape index (κ1) is 15.8. The fourth-order valence-corrected chi connectivity index (χ4v) is 3.44. The summed E-state index contributed by atoms with van der Waals surface area (Å²) in [7, 11) is -10.9. The molecule has 5 N–H and O–H groups in total. The molecule has 0 saturated carbocycles. The van der Waals surface area contributed by atoms with E-state index in [4.69, 9.17) is 31.2 Å². The Bertz CT molecular complexity index is 516. The van der Waals surface area contributed by atoms with Crippen LogP contribution in [-0.2, 0) is 15.7 Å². The predicted molar refractivity (Wildman–Crippen MR) is 60.7 cm³/mol. The lowest BCUT2D eigenvalue weighted by Gasteiger charge is -2.26. The molecule has 1 aromatic rings. The topological polar surface area (TPSA) is 139 Å². The van der Waals surface area contributed by atoms with Gasteiger partial charge in [0, 0.05) is 6.07 Å². The molecule has 8 nitrogen and oxygen atoms in total. The van der Waals surface area contributed by atoms with E-state index >= 15 is 0 Å². The normalized spacial score (nSPS) is 13.7. The van der Waals surface area contributed by atoms with Crippen LogP contribution >= 0.6 is 26.8 Å². The molecule has 0 aliphatic rings. The number of aliphatic hydroxyl groups is 1. The van der Waals surface area contributed by atoms with Crippen LogP contribution in [0.4, 0.5) is 0 Å². The Balaban J connectivity index is 3.25. The zero-order valence-electron chi connectivity index (χ0n) is 8.79. The summed E-state index contributed by atoms with van der Waals surface area (Å²) >= 11 is 5.61. The molecule has 11 heteroatoms. The molecule has 0 aromatic carbocycles. The number of aromatic nitrogens is 1. The largest absolute Gasteiger partial charge is 0.376 e. The number of rotatable bonds is 4. The van der Waals surface area contributed by atoms with E-state index in [-0.39, 0.29) is 5.02 Å². The Labute approximate surface area is 107 Å². The van der Waals surface area contributed by atoms with E-state index < -0.39 is 26.8 Å². The van der Waals surface area contributed by atoms with Crippen molar-refractivity contribution in [3.8, 4) is 0 Å². The van der Waals surface area contributed by atoms with Crippen molar-refractivity contribution in [2.45, 2.75) is 11.6 Å². The molecule has 102 valence electrons. The number of hydrogen-bond donors (Lipinski definition) is 5. The van der Waals surface area contributed by atoms with E-state index in [1.165, 1.54) is 18.3 Å². The minimum Gasteiger partial charge on any atom is -0.363 e. The molecule has 1 heterocycles. The summed E-state index contributed by atoms with van der Waals surface area (Å²) in [6, 6.07) is 2.84. The maximum Gasteiger partial charge on any atom is 0.376 e. The van der Waals surface area contributed by atoms with Gasteiger partial charge in [0.05, 0.1) is 0 Å². The van der Waals surface area contributed by atoms with E-state index in [1.807, 2.05) is 0 Å². The summed E-state index contributed by atoms with van der Waals surface area (Å²) in [4.78, 5) is 35.7. The van der Waals surface area contributed by atoms with Crippen molar-refractivity contribution >= 4 is 26.8 Å². The van der Waals surface area contributed by atoms with Crippen molar-refractivity contribution in [3.05, 3.63) is 29.5 Å². The van der Waals surface area contributed by atoms with Crippen molar-refractivity contribution in [1.29, 1.82) is 0 Å². The Morgan fingerprint density at radius 1 is 1.22 bits per heavy atom. The quantitative estimate of drug-likeness (QED) is 0.377. The van der Waals surface area contributed by atoms with Gasteiger partial charge in [0.1, 0.15) is 5.02 Å². The fraction of sp³-hybridized carbons (Fsp3) is 0.286. The van der Waals surface area contributed by atoms with Gasteiger partial charge in [-0.2, -0.15) is 4.57 Å². The van der Waals surface area contributed by atoms with E-state index in [9.17, 15) is 14.2 Å². The fourth-order valence-electron chi connectivity index (χ4n) is 1.19. The number of halogens is 1. The average Bonchev–Trinajstić information content (AvgIpc) is 2.13. The van der Waals surface area contributed by atoms with E-state index in [0.29, 0.717) is 0 Å². The first-order chi connectivity index (χ1) is 7.97. The van der Waals surface area contributed by atoms with Crippen LogP contribution in [-0.4, -0.2) is 29.8 Å². The molecule has 0 aliphatic carbocycles. The number of hydrogen-bond acceptors (Lipinski definition) is 3. The van der Waals surface area contributed by atoms with Crippen LogP contribution < -0.4 is 4.57 Å². The lowest BCUT2D eigenvalue weighted by atomic mass is 10.5. The summed E-state index contributed by atoms with van der Waals surface area (Å²) in [5, 5.41) is 6.32. The van der Waals surface area contributed by atoms with Crippen LogP contribution in [0.2, 0.25) is 5.02 Å². The molecule has 0 spiro atoms. The second kappa shape index (κ2) is 5.00. The van der Waals surface area contributed by atoms with Crippen molar-refractivity contribution in [2.24, 2.45) is 0 Å². The van der Waals surface area contributed by atoms with Crippen molar-refractivity contribution in [3.63, 3.8) is 0 Å². The second-order valence-electron chi connectivity index (χ2n) is 3.56. The molecule has 0 atom stereocenters. The molecule has 0 fully saturated rings. The van der Waals surface area contributed by atoms with Crippen LogP contribution in [0.25, 0.3) is 0 Å². The Morgan fingerprint density at radius 3 is 2.11 bits per heavy atom. The van der Waals surface area contributed by atoms with Crippen LogP contribution in [0.1, 0.15) is 0 Å². The molecular formula is C7H11ClNO7P2+. The third-order valence-corrected chi connectivity index (χ3v) is 6.09. The van der Waals surface area contributed by atoms with Crippen LogP contribution in [0.15, 0.2) is 24.5 Å². The van der Waals surface area contributed by atoms with Gasteiger partial charge in [-0.05, 0) is 6.07 Å². The van der Waals surface area contributed by atoms with Gasteiger partial charge in [-0.15, -0.1) is 0 Å². The minimum absolute atomic E-state index is 0.177. The Morgan fingerprint density at radius 2 is 1.72 bits per heavy atom.